The number of likely N-dealkylation sites (tertiary alicyclic amines) is 1. The number of carbonyl (C=O) groups excluding carboxylic acids is 1. The molecule has 1 unspecified atom stereocenters. The van der Waals surface area contributed by atoms with E-state index in [1.54, 1.807) is 0 Å². The summed E-state index contributed by atoms with van der Waals surface area (Å²) in [5.74, 6) is 1.71. The van der Waals surface area contributed by atoms with Gasteiger partial charge in [-0.3, -0.25) is 4.79 Å². The molecule has 0 aliphatic carbocycles. The third kappa shape index (κ3) is 3.93. The summed E-state index contributed by atoms with van der Waals surface area (Å²) in [4.78, 5) is 14.0. The number of rotatable bonds is 4. The molecule has 0 radical (unpaired) electrons. The van der Waals surface area contributed by atoms with E-state index in [-0.39, 0.29) is 5.91 Å². The van der Waals surface area contributed by atoms with Crippen molar-refractivity contribution in [2.45, 2.75) is 32.7 Å². The van der Waals surface area contributed by atoms with Crippen LogP contribution in [0, 0.1) is 13.8 Å². The van der Waals surface area contributed by atoms with Gasteiger partial charge in [-0.05, 0) is 43.7 Å². The zero-order valence-corrected chi connectivity index (χ0v) is 16.0. The lowest BCUT2D eigenvalue weighted by atomic mass is 10.0. The number of hydrogen-bond donors (Lipinski definition) is 2. The minimum absolute atomic E-state index is 0.0707. The van der Waals surface area contributed by atoms with Crippen molar-refractivity contribution in [3.8, 4) is 11.5 Å². The molecular formula is C22H27N2O3+. The number of hydrogen-bond acceptors (Lipinski definition) is 3. The molecule has 2 heterocycles. The van der Waals surface area contributed by atoms with Crippen LogP contribution in [0.15, 0.2) is 36.4 Å². The van der Waals surface area contributed by atoms with Gasteiger partial charge < -0.3 is 19.7 Å². The topological polar surface area (TPSA) is 52.0 Å². The van der Waals surface area contributed by atoms with E-state index in [0.29, 0.717) is 25.8 Å². The highest BCUT2D eigenvalue weighted by molar-refractivity contribution is 5.92. The number of quaternary nitrogens is 1. The zero-order chi connectivity index (χ0) is 18.8. The van der Waals surface area contributed by atoms with Gasteiger partial charge in [0.1, 0.15) is 19.3 Å². The van der Waals surface area contributed by atoms with Crippen molar-refractivity contribution in [1.82, 2.24) is 0 Å². The summed E-state index contributed by atoms with van der Waals surface area (Å²) in [6.07, 6.45) is 2.22. The molecule has 2 aliphatic heterocycles. The number of fused-ring (bicyclic) bond motifs is 1. The number of benzene rings is 2. The number of anilines is 1. The molecule has 5 nitrogen and oxygen atoms in total. The Bertz CT molecular complexity index is 849. The Kier molecular flexibility index (Phi) is 5.03. The van der Waals surface area contributed by atoms with E-state index in [0.717, 1.165) is 42.1 Å². The summed E-state index contributed by atoms with van der Waals surface area (Å²) >= 11 is 0. The smallest absolute Gasteiger partial charge is 0.279 e. The van der Waals surface area contributed by atoms with E-state index >= 15 is 0 Å². The van der Waals surface area contributed by atoms with Crippen molar-refractivity contribution in [3.63, 3.8) is 0 Å². The highest BCUT2D eigenvalue weighted by Crippen LogP contribution is 2.33. The monoisotopic (exact) mass is 367 g/mol. The summed E-state index contributed by atoms with van der Waals surface area (Å²) in [7, 11) is 0. The molecule has 27 heavy (non-hydrogen) atoms. The van der Waals surface area contributed by atoms with Gasteiger partial charge in [-0.2, -0.15) is 0 Å². The normalized spacial score (nSPS) is 21.1. The summed E-state index contributed by atoms with van der Waals surface area (Å²) in [5.41, 5.74) is 4.43. The lowest BCUT2D eigenvalue weighted by molar-refractivity contribution is -0.910. The Hall–Kier alpha value is -2.53. The fraction of sp³-hybridized carbons (Fsp3) is 0.409. The molecule has 0 aromatic heterocycles. The molecule has 0 spiro atoms. The van der Waals surface area contributed by atoms with E-state index in [1.807, 2.05) is 25.1 Å². The van der Waals surface area contributed by atoms with Crippen molar-refractivity contribution in [3.05, 3.63) is 53.1 Å². The summed E-state index contributed by atoms with van der Waals surface area (Å²) < 4.78 is 11.4. The standard InChI is InChI=1S/C22H26N2O3/c1-15-5-7-18(16(2)12-15)23-22(25)14-24-9-3-4-19(24)17-6-8-20-21(13-17)27-11-10-26-20/h5-8,12-13,19H,3-4,9-11,14H2,1-2H3,(H,23,25)/p+1/t19-/m0/s1. The van der Waals surface area contributed by atoms with Gasteiger partial charge >= 0.3 is 0 Å². The molecule has 1 amide bonds. The first-order valence-electron chi connectivity index (χ1n) is 9.71. The predicted octanol–water partition coefficient (Wildman–Crippen LogP) is 2.43. The van der Waals surface area contributed by atoms with Crippen LogP contribution >= 0.6 is 0 Å². The van der Waals surface area contributed by atoms with E-state index in [4.69, 9.17) is 9.47 Å². The van der Waals surface area contributed by atoms with E-state index in [1.165, 1.54) is 16.0 Å². The van der Waals surface area contributed by atoms with Crippen LogP contribution in [-0.4, -0.2) is 32.2 Å². The number of amides is 1. The Morgan fingerprint density at radius 3 is 2.74 bits per heavy atom. The number of aryl methyl sites for hydroxylation is 2. The molecule has 142 valence electrons. The average molecular weight is 367 g/mol. The second kappa shape index (κ2) is 7.61. The van der Waals surface area contributed by atoms with Gasteiger partial charge in [0.15, 0.2) is 18.0 Å². The van der Waals surface area contributed by atoms with Crippen LogP contribution < -0.4 is 19.7 Å². The lowest BCUT2D eigenvalue weighted by Gasteiger charge is -2.24. The lowest BCUT2D eigenvalue weighted by Crippen LogP contribution is -3.11. The van der Waals surface area contributed by atoms with Crippen molar-refractivity contribution >= 4 is 11.6 Å². The summed E-state index contributed by atoms with van der Waals surface area (Å²) in [6, 6.07) is 12.6. The molecule has 0 saturated carbocycles. The van der Waals surface area contributed by atoms with Gasteiger partial charge in [0.2, 0.25) is 0 Å². The van der Waals surface area contributed by atoms with E-state index in [2.05, 4.69) is 30.4 Å². The Morgan fingerprint density at radius 2 is 1.93 bits per heavy atom. The maximum Gasteiger partial charge on any atom is 0.279 e. The van der Waals surface area contributed by atoms with Crippen LogP contribution in [0.2, 0.25) is 0 Å². The molecule has 2 atom stereocenters. The predicted molar refractivity (Wildman–Crippen MR) is 105 cm³/mol. The highest BCUT2D eigenvalue weighted by Gasteiger charge is 2.32. The van der Waals surface area contributed by atoms with Gasteiger partial charge in [0, 0.05) is 24.1 Å². The van der Waals surface area contributed by atoms with E-state index < -0.39 is 0 Å². The van der Waals surface area contributed by atoms with Crippen LogP contribution in [-0.2, 0) is 4.79 Å². The third-order valence-corrected chi connectivity index (χ3v) is 5.50. The second-order valence-electron chi connectivity index (χ2n) is 7.55. The Balaban J connectivity index is 1.44. The summed E-state index contributed by atoms with van der Waals surface area (Å²) in [5, 5.41) is 3.08. The van der Waals surface area contributed by atoms with Crippen LogP contribution in [0.5, 0.6) is 11.5 Å². The van der Waals surface area contributed by atoms with Crippen molar-refractivity contribution in [2.24, 2.45) is 0 Å². The molecule has 1 saturated heterocycles. The van der Waals surface area contributed by atoms with Gasteiger partial charge in [-0.1, -0.05) is 17.7 Å². The molecule has 4 rings (SSSR count). The fourth-order valence-electron chi connectivity index (χ4n) is 4.16. The maximum absolute atomic E-state index is 12.6. The first kappa shape index (κ1) is 17.9. The van der Waals surface area contributed by atoms with Crippen molar-refractivity contribution in [1.29, 1.82) is 0 Å². The number of ether oxygens (including phenoxy) is 2. The highest BCUT2D eigenvalue weighted by atomic mass is 16.6. The van der Waals surface area contributed by atoms with Gasteiger partial charge in [-0.25, -0.2) is 0 Å². The van der Waals surface area contributed by atoms with Crippen molar-refractivity contribution < 1.29 is 19.2 Å². The van der Waals surface area contributed by atoms with Crippen LogP contribution in [0.4, 0.5) is 5.69 Å². The summed E-state index contributed by atoms with van der Waals surface area (Å²) in [6.45, 7) is 6.78. The maximum atomic E-state index is 12.6. The van der Waals surface area contributed by atoms with Crippen LogP contribution in [0.25, 0.3) is 0 Å². The quantitative estimate of drug-likeness (QED) is 0.873. The Morgan fingerprint density at radius 1 is 1.11 bits per heavy atom. The number of nitrogens with one attached hydrogen (secondary N) is 2. The minimum atomic E-state index is 0.0707. The van der Waals surface area contributed by atoms with Crippen LogP contribution in [0.1, 0.15) is 35.6 Å². The molecule has 1 fully saturated rings. The molecule has 2 N–H and O–H groups in total. The molecule has 2 aromatic carbocycles. The van der Waals surface area contributed by atoms with Crippen molar-refractivity contribution in [2.75, 3.05) is 31.6 Å². The molecule has 2 aromatic rings. The van der Waals surface area contributed by atoms with Gasteiger partial charge in [0.05, 0.1) is 6.54 Å². The fourth-order valence-corrected chi connectivity index (χ4v) is 4.16. The largest absolute Gasteiger partial charge is 0.486 e. The van der Waals surface area contributed by atoms with Gasteiger partial charge in [-0.15, -0.1) is 0 Å². The third-order valence-electron chi connectivity index (χ3n) is 5.50. The number of carbonyl (C=O) groups is 1. The second-order valence-corrected chi connectivity index (χ2v) is 7.55. The molecular weight excluding hydrogens is 340 g/mol. The van der Waals surface area contributed by atoms with Gasteiger partial charge in [0.25, 0.3) is 5.91 Å². The molecule has 5 heteroatoms. The van der Waals surface area contributed by atoms with Crippen LogP contribution in [0.3, 0.4) is 0 Å². The minimum Gasteiger partial charge on any atom is -0.486 e. The average Bonchev–Trinajstić information content (AvgIpc) is 3.11. The Labute approximate surface area is 160 Å². The first-order valence-corrected chi connectivity index (χ1v) is 9.71. The SMILES string of the molecule is Cc1ccc(NC(=O)C[NH+]2CCC[C@H]2c2ccc3c(c2)OCCO3)c(C)c1. The van der Waals surface area contributed by atoms with E-state index in [9.17, 15) is 4.79 Å². The molecule has 0 bridgehead atoms. The zero-order valence-electron chi connectivity index (χ0n) is 16.0. The first-order chi connectivity index (χ1) is 13.1. The molecule has 2 aliphatic rings.